The molecule has 1 saturated heterocycles. The van der Waals surface area contributed by atoms with Gasteiger partial charge in [0.05, 0.1) is 0 Å². The Hall–Kier alpha value is -0.930. The van der Waals surface area contributed by atoms with E-state index in [0.29, 0.717) is 5.92 Å². The molecule has 1 fully saturated rings. The van der Waals surface area contributed by atoms with E-state index in [1.807, 2.05) is 12.1 Å². The highest BCUT2D eigenvalue weighted by molar-refractivity contribution is 5.27. The minimum atomic E-state index is -0.0760. The summed E-state index contributed by atoms with van der Waals surface area (Å²) in [4.78, 5) is 2.30. The van der Waals surface area contributed by atoms with Crippen LogP contribution in [0.15, 0.2) is 18.2 Å². The molecule has 0 bridgehead atoms. The average Bonchev–Trinajstić information content (AvgIpc) is 2.33. The normalized spacial score (nSPS) is 17.6. The zero-order valence-corrected chi connectivity index (χ0v) is 10.7. The largest absolute Gasteiger partial charge is 0.314 e. The molecule has 2 nitrogen and oxygen atoms in total. The van der Waals surface area contributed by atoms with Crippen molar-refractivity contribution in [2.24, 2.45) is 0 Å². The molecule has 3 heteroatoms. The molecule has 1 heterocycles. The Morgan fingerprint density at radius 3 is 2.65 bits per heavy atom. The first-order chi connectivity index (χ1) is 8.16. The van der Waals surface area contributed by atoms with Crippen molar-refractivity contribution in [3.63, 3.8) is 0 Å². The molecule has 0 atom stereocenters. The fraction of sp³-hybridized carbons (Fsp3) is 0.571. The third-order valence-corrected chi connectivity index (χ3v) is 3.34. The van der Waals surface area contributed by atoms with Gasteiger partial charge in [-0.15, -0.1) is 0 Å². The van der Waals surface area contributed by atoms with Crippen molar-refractivity contribution in [3.05, 3.63) is 35.1 Å². The highest BCUT2D eigenvalue weighted by atomic mass is 19.1. The average molecular weight is 236 g/mol. The topological polar surface area (TPSA) is 15.3 Å². The van der Waals surface area contributed by atoms with E-state index in [1.54, 1.807) is 6.07 Å². The van der Waals surface area contributed by atoms with Crippen LogP contribution in [0.2, 0.25) is 0 Å². The molecule has 0 radical (unpaired) electrons. The number of nitrogens with one attached hydrogen (secondary N) is 1. The van der Waals surface area contributed by atoms with E-state index in [9.17, 15) is 4.39 Å². The molecule has 0 unspecified atom stereocenters. The van der Waals surface area contributed by atoms with Gasteiger partial charge in [-0.25, -0.2) is 4.39 Å². The first kappa shape index (κ1) is 12.5. The number of nitrogens with zero attached hydrogens (tertiary/aromatic N) is 1. The summed E-state index contributed by atoms with van der Waals surface area (Å²) < 4.78 is 13.7. The van der Waals surface area contributed by atoms with Crippen LogP contribution < -0.4 is 5.32 Å². The predicted molar refractivity (Wildman–Crippen MR) is 68.6 cm³/mol. The van der Waals surface area contributed by atoms with Gasteiger partial charge >= 0.3 is 0 Å². The van der Waals surface area contributed by atoms with Gasteiger partial charge in [-0.1, -0.05) is 26.0 Å². The smallest absolute Gasteiger partial charge is 0.127 e. The van der Waals surface area contributed by atoms with E-state index in [1.165, 1.54) is 5.56 Å². The molecule has 0 spiro atoms. The molecule has 2 rings (SSSR count). The first-order valence-corrected chi connectivity index (χ1v) is 6.38. The van der Waals surface area contributed by atoms with E-state index in [-0.39, 0.29) is 5.82 Å². The van der Waals surface area contributed by atoms with E-state index < -0.39 is 0 Å². The van der Waals surface area contributed by atoms with Crippen LogP contribution in [-0.4, -0.2) is 31.1 Å². The highest BCUT2D eigenvalue weighted by Crippen LogP contribution is 2.19. The molecule has 0 aromatic heterocycles. The number of halogens is 1. The Morgan fingerprint density at radius 1 is 1.29 bits per heavy atom. The zero-order valence-electron chi connectivity index (χ0n) is 10.7. The van der Waals surface area contributed by atoms with Crippen molar-refractivity contribution >= 4 is 0 Å². The van der Waals surface area contributed by atoms with Gasteiger partial charge < -0.3 is 5.32 Å². The minimum Gasteiger partial charge on any atom is -0.314 e. The Labute approximate surface area is 103 Å². The van der Waals surface area contributed by atoms with Gasteiger partial charge in [0.2, 0.25) is 0 Å². The van der Waals surface area contributed by atoms with Gasteiger partial charge in [-0.2, -0.15) is 0 Å². The number of rotatable bonds is 3. The maximum absolute atomic E-state index is 13.7. The van der Waals surface area contributed by atoms with E-state index in [0.717, 1.165) is 38.3 Å². The molecule has 17 heavy (non-hydrogen) atoms. The second kappa shape index (κ2) is 5.61. The lowest BCUT2D eigenvalue weighted by Gasteiger charge is -2.27. The first-order valence-electron chi connectivity index (χ1n) is 6.38. The Kier molecular flexibility index (Phi) is 4.13. The van der Waals surface area contributed by atoms with Gasteiger partial charge in [0, 0.05) is 38.3 Å². The summed E-state index contributed by atoms with van der Waals surface area (Å²) >= 11 is 0. The molecule has 0 aliphatic carbocycles. The fourth-order valence-electron chi connectivity index (χ4n) is 2.19. The van der Waals surface area contributed by atoms with Crippen LogP contribution in [0, 0.1) is 5.82 Å². The Bertz CT molecular complexity index is 370. The summed E-state index contributed by atoms with van der Waals surface area (Å²) in [5.74, 6) is 0.380. The van der Waals surface area contributed by atoms with Crippen molar-refractivity contribution in [2.75, 3.05) is 26.2 Å². The molecular formula is C14H21FN2. The number of piperazine rings is 1. The summed E-state index contributed by atoms with van der Waals surface area (Å²) in [6.07, 6.45) is 0. The lowest BCUT2D eigenvalue weighted by atomic mass is 10.0. The van der Waals surface area contributed by atoms with Crippen molar-refractivity contribution in [1.29, 1.82) is 0 Å². The quantitative estimate of drug-likeness (QED) is 0.866. The van der Waals surface area contributed by atoms with Crippen LogP contribution in [0.1, 0.15) is 30.9 Å². The van der Waals surface area contributed by atoms with Gasteiger partial charge in [0.1, 0.15) is 5.82 Å². The van der Waals surface area contributed by atoms with E-state index in [2.05, 4.69) is 24.1 Å². The summed E-state index contributed by atoms with van der Waals surface area (Å²) in [5, 5.41) is 3.31. The number of hydrogen-bond acceptors (Lipinski definition) is 2. The molecule has 1 aromatic carbocycles. The molecule has 0 amide bonds. The van der Waals surface area contributed by atoms with Crippen LogP contribution in [0.4, 0.5) is 4.39 Å². The lowest BCUT2D eigenvalue weighted by Crippen LogP contribution is -2.43. The minimum absolute atomic E-state index is 0.0760. The van der Waals surface area contributed by atoms with Crippen LogP contribution in [0.25, 0.3) is 0 Å². The monoisotopic (exact) mass is 236 g/mol. The van der Waals surface area contributed by atoms with Crippen LogP contribution in [0.5, 0.6) is 0 Å². The molecule has 94 valence electrons. The molecule has 1 N–H and O–H groups in total. The second-order valence-corrected chi connectivity index (χ2v) is 5.03. The molecule has 1 aliphatic heterocycles. The standard InChI is InChI=1S/C14H21FN2/c1-11(2)12-3-4-14(15)13(9-12)10-17-7-5-16-6-8-17/h3-4,9,11,16H,5-8,10H2,1-2H3. The van der Waals surface area contributed by atoms with Crippen molar-refractivity contribution in [2.45, 2.75) is 26.3 Å². The zero-order chi connectivity index (χ0) is 12.3. The van der Waals surface area contributed by atoms with Crippen molar-refractivity contribution < 1.29 is 4.39 Å². The van der Waals surface area contributed by atoms with Crippen LogP contribution >= 0.6 is 0 Å². The summed E-state index contributed by atoms with van der Waals surface area (Å²) in [5.41, 5.74) is 2.05. The van der Waals surface area contributed by atoms with Gasteiger partial charge in [0.15, 0.2) is 0 Å². The summed E-state index contributed by atoms with van der Waals surface area (Å²) in [6.45, 7) is 9.03. The summed E-state index contributed by atoms with van der Waals surface area (Å²) in [6, 6.07) is 5.51. The lowest BCUT2D eigenvalue weighted by molar-refractivity contribution is 0.230. The highest BCUT2D eigenvalue weighted by Gasteiger charge is 2.13. The number of hydrogen-bond donors (Lipinski definition) is 1. The molecular weight excluding hydrogens is 215 g/mol. The van der Waals surface area contributed by atoms with Crippen LogP contribution in [-0.2, 0) is 6.54 Å². The van der Waals surface area contributed by atoms with Crippen LogP contribution in [0.3, 0.4) is 0 Å². The molecule has 0 saturated carbocycles. The third kappa shape index (κ3) is 3.27. The Balaban J connectivity index is 2.10. The number of benzene rings is 1. The molecule has 1 aliphatic rings. The predicted octanol–water partition coefficient (Wildman–Crippen LogP) is 2.35. The van der Waals surface area contributed by atoms with Crippen molar-refractivity contribution in [1.82, 2.24) is 10.2 Å². The third-order valence-electron chi connectivity index (χ3n) is 3.34. The maximum Gasteiger partial charge on any atom is 0.127 e. The second-order valence-electron chi connectivity index (χ2n) is 5.03. The molecule has 1 aromatic rings. The Morgan fingerprint density at radius 2 is 2.00 bits per heavy atom. The fourth-order valence-corrected chi connectivity index (χ4v) is 2.19. The summed E-state index contributed by atoms with van der Waals surface area (Å²) in [7, 11) is 0. The van der Waals surface area contributed by atoms with Gasteiger partial charge in [0.25, 0.3) is 0 Å². The van der Waals surface area contributed by atoms with Gasteiger partial charge in [-0.05, 0) is 17.5 Å². The van der Waals surface area contributed by atoms with E-state index >= 15 is 0 Å². The SMILES string of the molecule is CC(C)c1ccc(F)c(CN2CCNCC2)c1. The van der Waals surface area contributed by atoms with Crippen molar-refractivity contribution in [3.8, 4) is 0 Å². The van der Waals surface area contributed by atoms with E-state index in [4.69, 9.17) is 0 Å². The van der Waals surface area contributed by atoms with Gasteiger partial charge in [-0.3, -0.25) is 4.90 Å². The maximum atomic E-state index is 13.7.